The summed E-state index contributed by atoms with van der Waals surface area (Å²) in [6.45, 7) is -2.07. The minimum absolute atomic E-state index is 2.07. The van der Waals surface area contributed by atoms with E-state index in [1.807, 2.05) is 0 Å². The molecule has 0 atom stereocenters. The van der Waals surface area contributed by atoms with Crippen LogP contribution in [-0.4, -0.2) is 28.9 Å². The van der Waals surface area contributed by atoms with Gasteiger partial charge in [-0.05, 0) is 0 Å². The third kappa shape index (κ3) is 1.79. The first kappa shape index (κ1) is 8.64. The zero-order valence-electron chi connectivity index (χ0n) is 4.11. The molecule has 0 rings (SSSR count). The van der Waals surface area contributed by atoms with Crippen LogP contribution in [0.1, 0.15) is 0 Å². The molecule has 0 saturated carbocycles. The van der Waals surface area contributed by atoms with Gasteiger partial charge in [-0.2, -0.15) is 17.6 Å². The lowest BCUT2D eigenvalue weighted by Crippen LogP contribution is -2.43. The lowest BCUT2D eigenvalue weighted by molar-refractivity contribution is -0.333. The molecular weight excluding hydrogens is 144 g/mol. The van der Waals surface area contributed by atoms with Crippen molar-refractivity contribution >= 4 is 0 Å². The molecule has 2 nitrogen and oxygen atoms in total. The van der Waals surface area contributed by atoms with Gasteiger partial charge in [0, 0.05) is 0 Å². The fraction of sp³-hybridized carbons (Fsp3) is 1.00. The maximum atomic E-state index is 11.4. The summed E-state index contributed by atoms with van der Waals surface area (Å²) in [5, 5.41) is 14.8. The Morgan fingerprint density at radius 1 is 1.11 bits per heavy atom. The summed E-state index contributed by atoms with van der Waals surface area (Å²) in [5.41, 5.74) is 0. The van der Waals surface area contributed by atoms with Crippen molar-refractivity contribution in [3.05, 3.63) is 0 Å². The molecule has 0 bridgehead atoms. The third-order valence-corrected chi connectivity index (χ3v) is 0.639. The SMILES string of the molecule is OCC(F)(F)C(O)(F)F. The minimum Gasteiger partial charge on any atom is -0.390 e. The Kier molecular flexibility index (Phi) is 2.02. The van der Waals surface area contributed by atoms with Gasteiger partial charge in [0.05, 0.1) is 0 Å². The van der Waals surface area contributed by atoms with E-state index >= 15 is 0 Å². The quantitative estimate of drug-likeness (QED) is 0.549. The van der Waals surface area contributed by atoms with Crippen molar-refractivity contribution in [2.75, 3.05) is 6.61 Å². The summed E-state index contributed by atoms with van der Waals surface area (Å²) in [5.74, 6) is -4.74. The van der Waals surface area contributed by atoms with Gasteiger partial charge in [-0.25, -0.2) is 0 Å². The lowest BCUT2D eigenvalue weighted by atomic mass is 10.3. The molecule has 0 aliphatic carbocycles. The van der Waals surface area contributed by atoms with E-state index in [9.17, 15) is 17.6 Å². The highest BCUT2D eigenvalue weighted by atomic mass is 19.3. The van der Waals surface area contributed by atoms with Gasteiger partial charge in [-0.3, -0.25) is 0 Å². The number of aliphatic hydroxyl groups is 2. The molecule has 56 valence electrons. The van der Waals surface area contributed by atoms with Crippen LogP contribution < -0.4 is 0 Å². The van der Waals surface area contributed by atoms with Crippen molar-refractivity contribution in [1.82, 2.24) is 0 Å². The van der Waals surface area contributed by atoms with E-state index in [2.05, 4.69) is 0 Å². The van der Waals surface area contributed by atoms with Crippen LogP contribution in [0.3, 0.4) is 0 Å². The molecule has 0 aromatic rings. The number of hydrogen-bond donors (Lipinski definition) is 2. The van der Waals surface area contributed by atoms with Gasteiger partial charge >= 0.3 is 12.0 Å². The van der Waals surface area contributed by atoms with Gasteiger partial charge in [0.15, 0.2) is 0 Å². The molecule has 0 radical (unpaired) electrons. The van der Waals surface area contributed by atoms with E-state index in [4.69, 9.17) is 10.2 Å². The van der Waals surface area contributed by atoms with Crippen LogP contribution in [0.4, 0.5) is 17.6 Å². The maximum absolute atomic E-state index is 11.4. The van der Waals surface area contributed by atoms with Crippen LogP contribution in [-0.2, 0) is 0 Å². The Morgan fingerprint density at radius 2 is 1.44 bits per heavy atom. The molecule has 0 spiro atoms. The van der Waals surface area contributed by atoms with Gasteiger partial charge in [-0.1, -0.05) is 0 Å². The molecule has 0 aliphatic heterocycles. The second-order valence-electron chi connectivity index (χ2n) is 1.40. The van der Waals surface area contributed by atoms with Crippen molar-refractivity contribution in [3.63, 3.8) is 0 Å². The van der Waals surface area contributed by atoms with E-state index in [0.717, 1.165) is 0 Å². The molecule has 0 heterocycles. The Hall–Kier alpha value is -0.360. The van der Waals surface area contributed by atoms with Crippen LogP contribution in [0.15, 0.2) is 0 Å². The van der Waals surface area contributed by atoms with E-state index < -0.39 is 18.6 Å². The van der Waals surface area contributed by atoms with Gasteiger partial charge in [0.2, 0.25) is 0 Å². The predicted octanol–water partition coefficient (Wildman–Crippen LogP) is 0.199. The first-order valence-electron chi connectivity index (χ1n) is 1.90. The van der Waals surface area contributed by atoms with Crippen molar-refractivity contribution in [2.24, 2.45) is 0 Å². The molecule has 0 fully saturated rings. The van der Waals surface area contributed by atoms with Crippen LogP contribution in [0.2, 0.25) is 0 Å². The summed E-state index contributed by atoms with van der Waals surface area (Å²) in [6.07, 6.45) is -5.14. The van der Waals surface area contributed by atoms with Gasteiger partial charge in [0.25, 0.3) is 0 Å². The van der Waals surface area contributed by atoms with Crippen molar-refractivity contribution in [2.45, 2.75) is 12.0 Å². The van der Waals surface area contributed by atoms with Crippen LogP contribution >= 0.6 is 0 Å². The number of rotatable bonds is 2. The Bertz CT molecular complexity index is 96.5. The van der Waals surface area contributed by atoms with Crippen LogP contribution in [0.5, 0.6) is 0 Å². The number of aliphatic hydroxyl groups excluding tert-OH is 1. The summed E-state index contributed by atoms with van der Waals surface area (Å²) < 4.78 is 45.1. The summed E-state index contributed by atoms with van der Waals surface area (Å²) in [6, 6.07) is 0. The minimum atomic E-state index is -5.14. The fourth-order valence-electron chi connectivity index (χ4n) is 0.0951. The number of hydrogen-bond acceptors (Lipinski definition) is 2. The standard InChI is InChI=1S/C3H4F4O2/c4-2(5,1-8)3(6,7)9/h8-9H,1H2. The van der Waals surface area contributed by atoms with Gasteiger partial charge < -0.3 is 10.2 Å². The Labute approximate surface area is 47.7 Å². The largest absolute Gasteiger partial charge is 0.419 e. The molecule has 0 aromatic heterocycles. The molecule has 2 N–H and O–H groups in total. The smallest absolute Gasteiger partial charge is 0.390 e. The van der Waals surface area contributed by atoms with E-state index in [1.165, 1.54) is 0 Å². The summed E-state index contributed by atoms with van der Waals surface area (Å²) in [4.78, 5) is 0. The Balaban J connectivity index is 4.14. The topological polar surface area (TPSA) is 40.5 Å². The van der Waals surface area contributed by atoms with Crippen molar-refractivity contribution in [3.8, 4) is 0 Å². The van der Waals surface area contributed by atoms with E-state index in [-0.39, 0.29) is 0 Å². The summed E-state index contributed by atoms with van der Waals surface area (Å²) in [7, 11) is 0. The molecule has 9 heavy (non-hydrogen) atoms. The van der Waals surface area contributed by atoms with Gasteiger partial charge in [0.1, 0.15) is 6.61 Å². The highest BCUT2D eigenvalue weighted by Gasteiger charge is 2.54. The monoisotopic (exact) mass is 148 g/mol. The highest BCUT2D eigenvalue weighted by Crippen LogP contribution is 2.30. The van der Waals surface area contributed by atoms with E-state index in [1.54, 1.807) is 0 Å². The average Bonchev–Trinajstić information content (AvgIpc) is 1.64. The van der Waals surface area contributed by atoms with Crippen molar-refractivity contribution < 1.29 is 27.8 Å². The number of alkyl halides is 4. The summed E-state index contributed by atoms with van der Waals surface area (Å²) >= 11 is 0. The Morgan fingerprint density at radius 3 is 1.44 bits per heavy atom. The molecule has 6 heteroatoms. The third-order valence-electron chi connectivity index (χ3n) is 0.639. The van der Waals surface area contributed by atoms with E-state index in [0.29, 0.717) is 0 Å². The second-order valence-corrected chi connectivity index (χ2v) is 1.40. The second kappa shape index (κ2) is 2.11. The zero-order chi connectivity index (χ0) is 7.71. The molecule has 0 aliphatic rings. The molecule has 0 saturated heterocycles. The first-order valence-corrected chi connectivity index (χ1v) is 1.90. The maximum Gasteiger partial charge on any atom is 0.419 e. The first-order chi connectivity index (χ1) is 3.81. The molecule has 0 aromatic carbocycles. The predicted molar refractivity (Wildman–Crippen MR) is 19.2 cm³/mol. The molecule has 0 amide bonds. The average molecular weight is 148 g/mol. The van der Waals surface area contributed by atoms with Crippen LogP contribution in [0, 0.1) is 0 Å². The number of halogens is 4. The van der Waals surface area contributed by atoms with Gasteiger partial charge in [-0.15, -0.1) is 0 Å². The molecular formula is C3H4F4O2. The highest BCUT2D eigenvalue weighted by molar-refractivity contribution is 4.72. The zero-order valence-corrected chi connectivity index (χ0v) is 4.11. The van der Waals surface area contributed by atoms with Crippen molar-refractivity contribution in [1.29, 1.82) is 0 Å². The normalized spacial score (nSPS) is 14.0. The fourth-order valence-corrected chi connectivity index (χ4v) is 0.0951. The van der Waals surface area contributed by atoms with Crippen LogP contribution in [0.25, 0.3) is 0 Å². The molecule has 0 unspecified atom stereocenters. The lowest BCUT2D eigenvalue weighted by Gasteiger charge is -2.17.